The molecule has 2 nitrogen and oxygen atoms in total. The number of rotatable bonds is 3. The van der Waals surface area contributed by atoms with E-state index in [0.29, 0.717) is 0 Å². The van der Waals surface area contributed by atoms with Crippen molar-refractivity contribution in [2.75, 3.05) is 20.1 Å². The SMILES string of the molecule is CNCC1CCCN1C1C2CC3CC(C2)CC1C3. The smallest absolute Gasteiger partial charge is 0.0224 e. The molecule has 4 saturated carbocycles. The van der Waals surface area contributed by atoms with Gasteiger partial charge in [0.2, 0.25) is 0 Å². The van der Waals surface area contributed by atoms with E-state index in [0.717, 1.165) is 35.8 Å². The maximum absolute atomic E-state index is 3.42. The topological polar surface area (TPSA) is 15.3 Å². The van der Waals surface area contributed by atoms with Crippen molar-refractivity contribution in [1.82, 2.24) is 10.2 Å². The Labute approximate surface area is 111 Å². The monoisotopic (exact) mass is 248 g/mol. The molecule has 0 aromatic rings. The van der Waals surface area contributed by atoms with Gasteiger partial charge in [-0.3, -0.25) is 4.90 Å². The first kappa shape index (κ1) is 11.7. The van der Waals surface area contributed by atoms with Crippen LogP contribution in [-0.2, 0) is 0 Å². The Morgan fingerprint density at radius 3 is 2.28 bits per heavy atom. The molecule has 0 aromatic carbocycles. The van der Waals surface area contributed by atoms with Crippen LogP contribution in [0.1, 0.15) is 44.9 Å². The van der Waals surface area contributed by atoms with E-state index in [1.165, 1.54) is 25.9 Å². The molecule has 0 aromatic heterocycles. The summed E-state index contributed by atoms with van der Waals surface area (Å²) in [5.74, 6) is 4.38. The molecule has 1 atom stereocenters. The standard InChI is InChI=1S/C16H28N2/c1-17-10-15-3-2-4-18(15)16-13-6-11-5-12(8-13)9-14(16)7-11/h11-17H,2-10H2,1H3. The van der Waals surface area contributed by atoms with Gasteiger partial charge in [-0.2, -0.15) is 0 Å². The van der Waals surface area contributed by atoms with Crippen molar-refractivity contribution >= 4 is 0 Å². The van der Waals surface area contributed by atoms with Crippen molar-refractivity contribution < 1.29 is 0 Å². The van der Waals surface area contributed by atoms with Crippen molar-refractivity contribution in [3.05, 3.63) is 0 Å². The summed E-state index contributed by atoms with van der Waals surface area (Å²) in [7, 11) is 2.12. The van der Waals surface area contributed by atoms with Gasteiger partial charge in [0.05, 0.1) is 0 Å². The van der Waals surface area contributed by atoms with E-state index in [1.54, 1.807) is 32.1 Å². The van der Waals surface area contributed by atoms with Gasteiger partial charge in [-0.1, -0.05) is 0 Å². The molecule has 2 heteroatoms. The molecule has 102 valence electrons. The van der Waals surface area contributed by atoms with Crippen molar-refractivity contribution in [3.8, 4) is 0 Å². The maximum Gasteiger partial charge on any atom is 0.0224 e. The molecular weight excluding hydrogens is 220 g/mol. The van der Waals surface area contributed by atoms with Crippen LogP contribution in [-0.4, -0.2) is 37.1 Å². The number of likely N-dealkylation sites (tertiary alicyclic amines) is 1. The van der Waals surface area contributed by atoms with Crippen molar-refractivity contribution in [1.29, 1.82) is 0 Å². The Morgan fingerprint density at radius 2 is 1.67 bits per heavy atom. The van der Waals surface area contributed by atoms with Gasteiger partial charge in [-0.05, 0) is 82.2 Å². The summed E-state index contributed by atoms with van der Waals surface area (Å²) in [6.45, 7) is 2.60. The largest absolute Gasteiger partial charge is 0.318 e. The van der Waals surface area contributed by atoms with Crippen molar-refractivity contribution in [3.63, 3.8) is 0 Å². The highest BCUT2D eigenvalue weighted by Gasteiger charge is 2.51. The summed E-state index contributed by atoms with van der Waals surface area (Å²) < 4.78 is 0. The molecular formula is C16H28N2. The Balaban J connectivity index is 1.54. The molecule has 1 aliphatic heterocycles. The summed E-state index contributed by atoms with van der Waals surface area (Å²) in [6.07, 6.45) is 10.7. The minimum atomic E-state index is 0.845. The van der Waals surface area contributed by atoms with Crippen LogP contribution in [0.2, 0.25) is 0 Å². The Morgan fingerprint density at radius 1 is 1.00 bits per heavy atom. The van der Waals surface area contributed by atoms with Gasteiger partial charge in [0.25, 0.3) is 0 Å². The molecule has 1 unspecified atom stereocenters. The van der Waals surface area contributed by atoms with Crippen LogP contribution < -0.4 is 5.32 Å². The lowest BCUT2D eigenvalue weighted by atomic mass is 9.54. The number of nitrogens with zero attached hydrogens (tertiary/aromatic N) is 1. The van der Waals surface area contributed by atoms with Gasteiger partial charge in [-0.25, -0.2) is 0 Å². The van der Waals surface area contributed by atoms with Crippen molar-refractivity contribution in [2.45, 2.75) is 57.0 Å². The molecule has 1 saturated heterocycles. The summed E-state index contributed by atoms with van der Waals surface area (Å²) in [5.41, 5.74) is 0. The summed E-state index contributed by atoms with van der Waals surface area (Å²) in [6, 6.07) is 1.82. The average molecular weight is 248 g/mol. The Hall–Kier alpha value is -0.0800. The molecule has 5 rings (SSSR count). The van der Waals surface area contributed by atoms with Crippen LogP contribution in [0.3, 0.4) is 0 Å². The van der Waals surface area contributed by atoms with E-state index in [1.807, 2.05) is 0 Å². The van der Waals surface area contributed by atoms with E-state index in [9.17, 15) is 0 Å². The molecule has 4 aliphatic carbocycles. The number of nitrogens with one attached hydrogen (secondary N) is 1. The Bertz CT molecular complexity index is 286. The van der Waals surface area contributed by atoms with Crippen LogP contribution in [0.4, 0.5) is 0 Å². The van der Waals surface area contributed by atoms with Crippen LogP contribution in [0.15, 0.2) is 0 Å². The lowest BCUT2D eigenvalue weighted by molar-refractivity contribution is -0.0689. The molecule has 4 bridgehead atoms. The second-order valence-corrected chi connectivity index (χ2v) is 7.51. The van der Waals surface area contributed by atoms with E-state index < -0.39 is 0 Å². The summed E-state index contributed by atoms with van der Waals surface area (Å²) in [4.78, 5) is 2.93. The predicted molar refractivity (Wildman–Crippen MR) is 74.5 cm³/mol. The van der Waals surface area contributed by atoms with Gasteiger partial charge in [0, 0.05) is 18.6 Å². The molecule has 5 aliphatic rings. The van der Waals surface area contributed by atoms with Crippen LogP contribution in [0.5, 0.6) is 0 Å². The van der Waals surface area contributed by atoms with E-state index >= 15 is 0 Å². The van der Waals surface area contributed by atoms with Gasteiger partial charge in [0.1, 0.15) is 0 Å². The molecule has 5 fully saturated rings. The third-order valence-electron chi connectivity index (χ3n) is 6.42. The van der Waals surface area contributed by atoms with Gasteiger partial charge in [0.15, 0.2) is 0 Å². The zero-order valence-electron chi connectivity index (χ0n) is 11.8. The molecule has 1 N–H and O–H groups in total. The minimum Gasteiger partial charge on any atom is -0.318 e. The lowest BCUT2D eigenvalue weighted by Gasteiger charge is -2.57. The Kier molecular flexibility index (Phi) is 2.92. The first-order valence-corrected chi connectivity index (χ1v) is 8.25. The van der Waals surface area contributed by atoms with Gasteiger partial charge < -0.3 is 5.32 Å². The number of likely N-dealkylation sites (N-methyl/N-ethyl adjacent to an activating group) is 1. The van der Waals surface area contributed by atoms with Crippen LogP contribution >= 0.6 is 0 Å². The quantitative estimate of drug-likeness (QED) is 0.825. The highest BCUT2D eigenvalue weighted by atomic mass is 15.2. The molecule has 0 radical (unpaired) electrons. The summed E-state index contributed by atoms with van der Waals surface area (Å²) >= 11 is 0. The predicted octanol–water partition coefficient (Wildman–Crippen LogP) is 2.49. The number of hydrogen-bond acceptors (Lipinski definition) is 2. The van der Waals surface area contributed by atoms with Gasteiger partial charge in [-0.15, -0.1) is 0 Å². The molecule has 0 amide bonds. The zero-order chi connectivity index (χ0) is 12.1. The molecule has 1 heterocycles. The van der Waals surface area contributed by atoms with E-state index in [-0.39, 0.29) is 0 Å². The zero-order valence-corrected chi connectivity index (χ0v) is 11.8. The fraction of sp³-hybridized carbons (Fsp3) is 1.00. The third kappa shape index (κ3) is 1.76. The minimum absolute atomic E-state index is 0.845. The fourth-order valence-corrected chi connectivity index (χ4v) is 6.14. The van der Waals surface area contributed by atoms with Gasteiger partial charge >= 0.3 is 0 Å². The lowest BCUT2D eigenvalue weighted by Crippen LogP contribution is -2.58. The fourth-order valence-electron chi connectivity index (χ4n) is 6.14. The highest BCUT2D eigenvalue weighted by Crippen LogP contribution is 2.55. The van der Waals surface area contributed by atoms with Crippen LogP contribution in [0.25, 0.3) is 0 Å². The van der Waals surface area contributed by atoms with E-state index in [2.05, 4.69) is 17.3 Å². The maximum atomic E-state index is 3.42. The van der Waals surface area contributed by atoms with E-state index in [4.69, 9.17) is 0 Å². The summed E-state index contributed by atoms with van der Waals surface area (Å²) in [5, 5.41) is 3.42. The number of hydrogen-bond donors (Lipinski definition) is 1. The van der Waals surface area contributed by atoms with Crippen LogP contribution in [0, 0.1) is 23.7 Å². The highest BCUT2D eigenvalue weighted by molar-refractivity contribution is 5.04. The molecule has 0 spiro atoms. The first-order chi connectivity index (χ1) is 8.85. The third-order valence-corrected chi connectivity index (χ3v) is 6.42. The second-order valence-electron chi connectivity index (χ2n) is 7.51. The average Bonchev–Trinajstić information content (AvgIpc) is 2.76. The molecule has 18 heavy (non-hydrogen) atoms. The normalized spacial score (nSPS) is 51.2. The second kappa shape index (κ2) is 4.49. The first-order valence-electron chi connectivity index (χ1n) is 8.25. The van der Waals surface area contributed by atoms with Crippen molar-refractivity contribution in [2.24, 2.45) is 23.7 Å².